The zero-order valence-corrected chi connectivity index (χ0v) is 16.8. The van der Waals surface area contributed by atoms with E-state index in [4.69, 9.17) is 14.2 Å². The molecular formula is C19H35NO8. The molecule has 164 valence electrons. The Morgan fingerprint density at radius 2 is 1.89 bits per heavy atom. The van der Waals surface area contributed by atoms with Crippen LogP contribution in [0.1, 0.15) is 39.0 Å². The number of carbonyl (C=O) groups excluding carboxylic acids is 1. The monoisotopic (exact) mass is 405 g/mol. The van der Waals surface area contributed by atoms with Crippen molar-refractivity contribution < 1.29 is 39.4 Å². The summed E-state index contributed by atoms with van der Waals surface area (Å²) in [7, 11) is 1.62. The summed E-state index contributed by atoms with van der Waals surface area (Å²) in [4.78, 5) is 14.1. The first-order valence-electron chi connectivity index (χ1n) is 10.1. The van der Waals surface area contributed by atoms with E-state index in [0.29, 0.717) is 26.0 Å². The fraction of sp³-hybridized carbons (Fsp3) is 0.947. The van der Waals surface area contributed by atoms with Crippen LogP contribution in [0.4, 0.5) is 0 Å². The van der Waals surface area contributed by atoms with Crippen molar-refractivity contribution in [3.8, 4) is 0 Å². The number of likely N-dealkylation sites (tertiary alicyclic amines) is 1. The van der Waals surface area contributed by atoms with Gasteiger partial charge in [-0.05, 0) is 19.3 Å². The number of unbranched alkanes of at least 4 members (excludes halogenated alkanes) is 2. The van der Waals surface area contributed by atoms with Gasteiger partial charge in [0.05, 0.1) is 31.5 Å². The topological polar surface area (TPSA) is 129 Å². The highest BCUT2D eigenvalue weighted by Crippen LogP contribution is 2.27. The largest absolute Gasteiger partial charge is 0.394 e. The molecule has 2 rings (SSSR count). The Hall–Kier alpha value is -0.810. The van der Waals surface area contributed by atoms with Crippen molar-refractivity contribution in [2.45, 2.75) is 75.8 Å². The summed E-state index contributed by atoms with van der Waals surface area (Å²) < 4.78 is 16.5. The lowest BCUT2D eigenvalue weighted by Crippen LogP contribution is -2.55. The molecule has 2 heterocycles. The number of aliphatic hydroxyl groups is 4. The van der Waals surface area contributed by atoms with E-state index in [1.165, 1.54) is 0 Å². The first-order valence-corrected chi connectivity index (χ1v) is 10.1. The van der Waals surface area contributed by atoms with E-state index in [1.54, 1.807) is 18.9 Å². The molecule has 9 heteroatoms. The molecule has 0 radical (unpaired) electrons. The van der Waals surface area contributed by atoms with Crippen molar-refractivity contribution >= 4 is 5.91 Å². The lowest BCUT2D eigenvalue weighted by Gasteiger charge is -2.40. The van der Waals surface area contributed by atoms with Gasteiger partial charge in [-0.25, -0.2) is 0 Å². The summed E-state index contributed by atoms with van der Waals surface area (Å²) in [5.74, 6) is -0.370. The molecule has 0 aromatic carbocycles. The summed E-state index contributed by atoms with van der Waals surface area (Å²) in [6.07, 6.45) is -0.356. The van der Waals surface area contributed by atoms with E-state index in [9.17, 15) is 25.2 Å². The normalized spacial score (nSPS) is 36.1. The first-order chi connectivity index (χ1) is 13.4. The van der Waals surface area contributed by atoms with Crippen molar-refractivity contribution in [3.63, 3.8) is 0 Å². The SMILES string of the molecule is CO[C@@H]1C[C@@H](CO)N(C(=O)CCCCCO[C@@H]2OC(CO)[C@H](O)[C@H](O)C2C)C1. The molecule has 2 fully saturated rings. The molecule has 2 unspecified atom stereocenters. The van der Waals surface area contributed by atoms with Gasteiger partial charge in [-0.2, -0.15) is 0 Å². The van der Waals surface area contributed by atoms with Gasteiger partial charge in [0, 0.05) is 32.6 Å². The predicted molar refractivity (Wildman–Crippen MR) is 99.3 cm³/mol. The average Bonchev–Trinajstić information content (AvgIpc) is 3.13. The van der Waals surface area contributed by atoms with Gasteiger partial charge >= 0.3 is 0 Å². The maximum Gasteiger partial charge on any atom is 0.222 e. The van der Waals surface area contributed by atoms with Gasteiger partial charge in [0.1, 0.15) is 12.2 Å². The molecule has 0 spiro atoms. The summed E-state index contributed by atoms with van der Waals surface area (Å²) >= 11 is 0. The second-order valence-corrected chi connectivity index (χ2v) is 7.72. The smallest absolute Gasteiger partial charge is 0.222 e. The zero-order valence-electron chi connectivity index (χ0n) is 16.8. The standard InChI is InChI=1S/C19H35NO8/c1-12-17(24)18(25)15(11-22)28-19(12)27-7-5-3-4-6-16(23)20-9-14(26-2)8-13(20)10-21/h12-15,17-19,21-22,24-25H,3-11H2,1-2H3/t12?,13-,14+,15?,17+,18-,19+/m0/s1. The van der Waals surface area contributed by atoms with Crippen LogP contribution in [0, 0.1) is 5.92 Å². The third-order valence-corrected chi connectivity index (χ3v) is 5.75. The Morgan fingerprint density at radius 3 is 2.54 bits per heavy atom. The number of hydrogen-bond acceptors (Lipinski definition) is 8. The van der Waals surface area contributed by atoms with Gasteiger partial charge in [-0.3, -0.25) is 4.79 Å². The number of carbonyl (C=O) groups is 1. The molecule has 0 bridgehead atoms. The molecule has 7 atom stereocenters. The van der Waals surface area contributed by atoms with Crippen molar-refractivity contribution in [1.29, 1.82) is 0 Å². The van der Waals surface area contributed by atoms with Crippen molar-refractivity contribution in [2.24, 2.45) is 5.92 Å². The van der Waals surface area contributed by atoms with E-state index < -0.39 is 30.5 Å². The highest BCUT2D eigenvalue weighted by atomic mass is 16.7. The zero-order chi connectivity index (χ0) is 20.7. The fourth-order valence-electron chi connectivity index (χ4n) is 3.83. The third-order valence-electron chi connectivity index (χ3n) is 5.75. The Labute approximate surface area is 166 Å². The molecule has 2 aliphatic heterocycles. The number of nitrogens with zero attached hydrogens (tertiary/aromatic N) is 1. The highest BCUT2D eigenvalue weighted by molar-refractivity contribution is 5.76. The predicted octanol–water partition coefficient (Wildman–Crippen LogP) is -0.753. The molecule has 4 N–H and O–H groups in total. The molecule has 0 saturated carbocycles. The van der Waals surface area contributed by atoms with E-state index >= 15 is 0 Å². The van der Waals surface area contributed by atoms with Crippen molar-refractivity contribution in [3.05, 3.63) is 0 Å². The number of amides is 1. The molecule has 0 aromatic rings. The Morgan fingerprint density at radius 1 is 1.14 bits per heavy atom. The molecule has 0 aliphatic carbocycles. The number of rotatable bonds is 10. The van der Waals surface area contributed by atoms with Gasteiger partial charge < -0.3 is 39.5 Å². The molecular weight excluding hydrogens is 370 g/mol. The van der Waals surface area contributed by atoms with Crippen LogP contribution in [0.5, 0.6) is 0 Å². The number of aliphatic hydroxyl groups excluding tert-OH is 4. The highest BCUT2D eigenvalue weighted by Gasteiger charge is 2.42. The van der Waals surface area contributed by atoms with Gasteiger partial charge in [-0.15, -0.1) is 0 Å². The van der Waals surface area contributed by atoms with Crippen LogP contribution in [0.25, 0.3) is 0 Å². The Balaban J connectivity index is 1.63. The molecule has 2 saturated heterocycles. The van der Waals surface area contributed by atoms with Crippen molar-refractivity contribution in [1.82, 2.24) is 4.90 Å². The second kappa shape index (κ2) is 11.4. The van der Waals surface area contributed by atoms with Crippen LogP contribution < -0.4 is 0 Å². The third kappa shape index (κ3) is 5.85. The molecule has 0 aromatic heterocycles. The second-order valence-electron chi connectivity index (χ2n) is 7.72. The molecule has 2 aliphatic rings. The number of ether oxygens (including phenoxy) is 3. The van der Waals surface area contributed by atoms with Crippen LogP contribution in [0.3, 0.4) is 0 Å². The van der Waals surface area contributed by atoms with Gasteiger partial charge in [0.15, 0.2) is 6.29 Å². The molecule has 1 amide bonds. The van der Waals surface area contributed by atoms with Gasteiger partial charge in [0.2, 0.25) is 5.91 Å². The quantitative estimate of drug-likeness (QED) is 0.349. The summed E-state index contributed by atoms with van der Waals surface area (Å²) in [5.41, 5.74) is 0. The lowest BCUT2D eigenvalue weighted by molar-refractivity contribution is -0.282. The van der Waals surface area contributed by atoms with Crippen LogP contribution in [0.15, 0.2) is 0 Å². The van der Waals surface area contributed by atoms with Gasteiger partial charge in [0.25, 0.3) is 0 Å². The van der Waals surface area contributed by atoms with Crippen molar-refractivity contribution in [2.75, 3.05) is 33.5 Å². The van der Waals surface area contributed by atoms with Crippen LogP contribution in [-0.4, -0.2) is 101 Å². The Kier molecular flexibility index (Phi) is 9.55. The van der Waals surface area contributed by atoms with Crippen LogP contribution in [0.2, 0.25) is 0 Å². The Bertz CT molecular complexity index is 477. The van der Waals surface area contributed by atoms with E-state index in [-0.39, 0.29) is 31.3 Å². The average molecular weight is 405 g/mol. The van der Waals surface area contributed by atoms with Crippen LogP contribution in [-0.2, 0) is 19.0 Å². The molecule has 9 nitrogen and oxygen atoms in total. The van der Waals surface area contributed by atoms with E-state index in [1.807, 2.05) is 0 Å². The maximum atomic E-state index is 12.4. The summed E-state index contributed by atoms with van der Waals surface area (Å²) in [5, 5.41) is 38.5. The van der Waals surface area contributed by atoms with E-state index in [0.717, 1.165) is 19.3 Å². The van der Waals surface area contributed by atoms with E-state index in [2.05, 4.69) is 0 Å². The van der Waals surface area contributed by atoms with Crippen LogP contribution >= 0.6 is 0 Å². The molecule has 28 heavy (non-hydrogen) atoms. The maximum absolute atomic E-state index is 12.4. The minimum Gasteiger partial charge on any atom is -0.394 e. The lowest BCUT2D eigenvalue weighted by atomic mass is 9.92. The number of methoxy groups -OCH3 is 1. The minimum absolute atomic E-state index is 0.0106. The number of hydrogen-bond donors (Lipinski definition) is 4. The first kappa shape index (κ1) is 23.5. The summed E-state index contributed by atoms with van der Waals surface area (Å²) in [6.45, 7) is 2.22. The minimum atomic E-state index is -1.13. The van der Waals surface area contributed by atoms with Gasteiger partial charge in [-0.1, -0.05) is 13.3 Å². The fourth-order valence-corrected chi connectivity index (χ4v) is 3.83. The summed E-state index contributed by atoms with van der Waals surface area (Å²) in [6, 6.07) is -0.160.